The maximum atomic E-state index is 13.8. The van der Waals surface area contributed by atoms with E-state index in [0.717, 1.165) is 10.6 Å². The summed E-state index contributed by atoms with van der Waals surface area (Å²) in [5.41, 5.74) is -11.7. The lowest BCUT2D eigenvalue weighted by molar-refractivity contribution is -0.313. The van der Waals surface area contributed by atoms with Crippen LogP contribution >= 0.6 is 7.75 Å². The molecule has 1 aromatic heterocycles. The Balaban J connectivity index is 0.000000146. The lowest BCUT2D eigenvalue weighted by Crippen LogP contribution is -2.76. The molecule has 34 heteroatoms. The van der Waals surface area contributed by atoms with Gasteiger partial charge in [0.2, 0.25) is 45.3 Å². The molecule has 8 saturated heterocycles. The number of fused-ring (bicyclic) bond motifs is 4. The van der Waals surface area contributed by atoms with Crippen molar-refractivity contribution in [1.82, 2.24) is 45.3 Å². The van der Waals surface area contributed by atoms with Crippen molar-refractivity contribution in [3.63, 3.8) is 0 Å². The maximum absolute atomic E-state index is 13.8. The number of amides is 3. The SMILES string of the molecule is C#C[C@@]12OC[C@@]1(N1C=CC(=O)NC1=C)O[C@H](CC)C2O.C#C[C@@]12OC[C@@]1(N1C=CC(=O)NC1=C)O[C@H](CC)C2OC(=O)c1ccccc1.C#C[C@@]12OC[C@@]1(N1C=CC(=O)NC1=C)O[C@H](CO[P@@](=O)(N[C@@H](C)C(=O)OC(C)C)Oc1ccccc1)C2O.C#C[C@@]12OC[C@@]1(n1ccc(=O)[nH]c1=O)O[C@H](CO)C2O. The van der Waals surface area contributed by atoms with E-state index in [0.29, 0.717) is 30.0 Å². The smallest absolute Gasteiger partial charge is 0.459 e. The quantitative estimate of drug-likeness (QED) is 0.0458. The van der Waals surface area contributed by atoms with Crippen molar-refractivity contribution in [2.75, 3.05) is 39.6 Å². The minimum atomic E-state index is -4.23. The topological polar surface area (TPSA) is 407 Å². The molecule has 0 spiro atoms. The Labute approximate surface area is 607 Å². The van der Waals surface area contributed by atoms with Crippen LogP contribution in [0.1, 0.15) is 57.8 Å². The number of aliphatic hydroxyl groups is 4. The van der Waals surface area contributed by atoms with Crippen LogP contribution in [0, 0.1) is 49.4 Å². The van der Waals surface area contributed by atoms with Gasteiger partial charge in [-0.1, -0.05) is 93.7 Å². The van der Waals surface area contributed by atoms with E-state index in [1.165, 1.54) is 42.4 Å². The molecule has 0 bridgehead atoms. The summed E-state index contributed by atoms with van der Waals surface area (Å²) in [4.78, 5) is 89.6. The number of aromatic nitrogens is 2. The number of H-pyrrole nitrogens is 1. The van der Waals surface area contributed by atoms with Gasteiger partial charge in [0, 0.05) is 49.1 Å². The Kier molecular flexibility index (Phi) is 21.4. The van der Waals surface area contributed by atoms with Gasteiger partial charge < -0.3 is 103 Å². The maximum Gasteiger partial charge on any atom is 0.459 e. The van der Waals surface area contributed by atoms with Gasteiger partial charge in [-0.2, -0.15) is 5.09 Å². The van der Waals surface area contributed by atoms with Crippen molar-refractivity contribution in [1.29, 1.82) is 0 Å². The molecule has 0 aliphatic carbocycles. The van der Waals surface area contributed by atoms with Crippen molar-refractivity contribution in [3.05, 3.63) is 173 Å². The number of nitrogens with zero attached hydrogens (tertiary/aromatic N) is 4. The Morgan fingerprint density at radius 1 is 0.623 bits per heavy atom. The van der Waals surface area contributed by atoms with Crippen LogP contribution in [-0.2, 0) is 81.4 Å². The second-order valence-electron chi connectivity index (χ2n) is 25.8. The Hall–Kier alpha value is -9.98. The lowest BCUT2D eigenvalue weighted by atomic mass is 9.80. The highest BCUT2D eigenvalue weighted by atomic mass is 31.2. The van der Waals surface area contributed by atoms with Crippen LogP contribution in [0.2, 0.25) is 0 Å². The first-order valence-corrected chi connectivity index (χ1v) is 34.8. The van der Waals surface area contributed by atoms with E-state index in [1.54, 1.807) is 90.6 Å². The number of esters is 2. The molecule has 560 valence electrons. The number of aromatic amines is 1. The van der Waals surface area contributed by atoms with Gasteiger partial charge in [0.25, 0.3) is 23.3 Å². The summed E-state index contributed by atoms with van der Waals surface area (Å²) in [7, 11) is -4.23. The van der Waals surface area contributed by atoms with Gasteiger partial charge in [0.1, 0.15) is 92.3 Å². The lowest BCUT2D eigenvalue weighted by Gasteiger charge is -2.56. The molecular weight excluding hydrogens is 1410 g/mol. The summed E-state index contributed by atoms with van der Waals surface area (Å²) < 4.78 is 83.5. The van der Waals surface area contributed by atoms with Crippen molar-refractivity contribution < 1.29 is 105 Å². The molecule has 3 amide bonds. The molecule has 3 aromatic rings. The van der Waals surface area contributed by atoms with Crippen LogP contribution in [0.15, 0.2) is 157 Å². The van der Waals surface area contributed by atoms with E-state index in [-0.39, 0.29) is 61.8 Å². The van der Waals surface area contributed by atoms with Crippen molar-refractivity contribution in [2.45, 2.75) is 154 Å². The van der Waals surface area contributed by atoms with Crippen LogP contribution in [0.25, 0.3) is 0 Å². The number of terminal acetylenes is 4. The fraction of sp³-hybridized carbons (Fsp3) is 0.431. The molecule has 106 heavy (non-hydrogen) atoms. The largest absolute Gasteiger partial charge is 0.462 e. The summed E-state index contributed by atoms with van der Waals surface area (Å²) in [5.74, 6) is 8.93. The van der Waals surface area contributed by atoms with Crippen molar-refractivity contribution in [3.8, 4) is 55.1 Å². The highest BCUT2D eigenvalue weighted by Gasteiger charge is 2.80. The number of para-hydroxylation sites is 1. The monoisotopic (exact) mass is 1480 g/mol. The van der Waals surface area contributed by atoms with Gasteiger partial charge in [-0.15, -0.1) is 25.7 Å². The van der Waals surface area contributed by atoms with E-state index < -0.39 is 144 Å². The molecule has 12 heterocycles. The molecular formula is C72H78N9O24P. The number of hydrogen-bond acceptors (Lipinski definition) is 27. The van der Waals surface area contributed by atoms with Crippen LogP contribution in [0.5, 0.6) is 5.75 Å². The second kappa shape index (κ2) is 29.4. The number of nitrogens with one attached hydrogen (secondary N) is 5. The first kappa shape index (κ1) is 77.1. The highest BCUT2D eigenvalue weighted by molar-refractivity contribution is 7.52. The van der Waals surface area contributed by atoms with Gasteiger partial charge in [-0.05, 0) is 57.9 Å². The summed E-state index contributed by atoms with van der Waals surface area (Å²) in [5, 5.41) is 51.3. The third-order valence-corrected chi connectivity index (χ3v) is 21.1. The number of rotatable bonds is 18. The molecule has 18 atom stereocenters. The van der Waals surface area contributed by atoms with Gasteiger partial charge in [0.05, 0.1) is 31.0 Å². The summed E-state index contributed by atoms with van der Waals surface area (Å²) in [6.45, 7) is 19.4. The predicted octanol–water partition coefficient (Wildman–Crippen LogP) is -0.0544. The Morgan fingerprint density at radius 3 is 1.47 bits per heavy atom. The fourth-order valence-electron chi connectivity index (χ4n) is 14.1. The van der Waals surface area contributed by atoms with Gasteiger partial charge in [-0.25, -0.2) is 14.2 Å². The second-order valence-corrected chi connectivity index (χ2v) is 27.5. The molecule has 11 aliphatic heterocycles. The molecule has 14 rings (SSSR count). The zero-order valence-corrected chi connectivity index (χ0v) is 58.8. The molecule has 11 aliphatic rings. The first-order valence-electron chi connectivity index (χ1n) is 33.2. The van der Waals surface area contributed by atoms with Gasteiger partial charge in [0.15, 0.2) is 6.10 Å². The summed E-state index contributed by atoms with van der Waals surface area (Å²) >= 11 is 0. The summed E-state index contributed by atoms with van der Waals surface area (Å²) in [6, 6.07) is 17.0. The number of aliphatic hydroxyl groups excluding tert-OH is 4. The Bertz CT molecular complexity index is 4470. The van der Waals surface area contributed by atoms with Crippen LogP contribution < -0.4 is 36.8 Å². The number of hydrogen-bond donors (Lipinski definition) is 9. The molecule has 2 aromatic carbocycles. The molecule has 9 N–H and O–H groups in total. The number of ether oxygens (including phenoxy) is 10. The zero-order chi connectivity index (χ0) is 76.7. The average molecular weight is 1480 g/mol. The predicted molar refractivity (Wildman–Crippen MR) is 368 cm³/mol. The minimum absolute atomic E-state index is 0.0571. The van der Waals surface area contributed by atoms with E-state index in [2.05, 4.69) is 69.4 Å². The van der Waals surface area contributed by atoms with Crippen LogP contribution in [0.4, 0.5) is 0 Å². The zero-order valence-electron chi connectivity index (χ0n) is 57.9. The number of carbonyl (C=O) groups is 5. The third kappa shape index (κ3) is 12.4. The van der Waals surface area contributed by atoms with Gasteiger partial charge in [-0.3, -0.25) is 38.0 Å². The van der Waals surface area contributed by atoms with E-state index in [9.17, 15) is 58.6 Å². The number of benzene rings is 2. The molecule has 33 nitrogen and oxygen atoms in total. The van der Waals surface area contributed by atoms with E-state index in [4.69, 9.17) is 82.1 Å². The highest BCUT2D eigenvalue weighted by Crippen LogP contribution is 2.58. The Morgan fingerprint density at radius 2 is 1.05 bits per heavy atom. The average Bonchev–Trinajstić information content (AvgIpc) is 1.52. The first-order chi connectivity index (χ1) is 50.4. The molecule has 8 fully saturated rings. The van der Waals surface area contributed by atoms with Crippen molar-refractivity contribution in [2.24, 2.45) is 0 Å². The standard InChI is InChI=1S/C25H30N3O9P.C21H20N2O5.C14H16N2O4.C12H12N2O6/c1-6-24-22(30)20(36-25(24,15-33-24)28-13-12-21(29)26-18(28)5)14-34-38(32,37-19-10-8-7-9-11-19)27-17(4)23(31)35-16(2)3;1-4-16-18(27-19(25)15-9-7-6-8-10-15)20(5-2)21(28-16,13-26-20)23-12-11-17(24)22-14(23)3;1-4-10-12(18)13(5-2)14(20-10,8-19-13)16-7-6-11(17)15-9(16)3;1-2-11-9(17)7(5-15)20-12(11,6-19-11)14-4-3-8(16)13-10(14)18/h1,7-13,16-17,20,22,30H,5,14-15H2,2-4H3,(H,26,29)(H,27,32);2,6-12,16,18H,3-4,13H2,1H3,(H,22,24);2,6-7,10,12,18H,3-4,8H2,1H3,(H,15,17);1,3-4,7,9,15,17H,5-6H2,(H,13,16,18)/t17-,20+,22?,24-,25+,38-;16-,18?,20+,21-;10-,12?,13+,14-;7-,9?,11+,12-/m0111/s1. The number of carbonyl (C=O) groups excluding carboxylic acids is 5. The molecule has 4 unspecified atom stereocenters. The van der Waals surface area contributed by atoms with E-state index in [1.807, 2.05) is 19.9 Å². The normalized spacial score (nSPS) is 35.2. The van der Waals surface area contributed by atoms with E-state index >= 15 is 0 Å². The third-order valence-electron chi connectivity index (χ3n) is 19.4. The van der Waals surface area contributed by atoms with Crippen molar-refractivity contribution >= 4 is 37.4 Å². The van der Waals surface area contributed by atoms with Crippen LogP contribution in [0.3, 0.4) is 0 Å². The summed E-state index contributed by atoms with van der Waals surface area (Å²) in [6.07, 6.45) is 25.7. The minimum Gasteiger partial charge on any atom is -0.462 e. The fourth-order valence-corrected chi connectivity index (χ4v) is 15.6. The van der Waals surface area contributed by atoms with Gasteiger partial charge >= 0.3 is 25.4 Å². The van der Waals surface area contributed by atoms with Crippen LogP contribution in [-0.4, -0.2) is 215 Å². The molecule has 0 radical (unpaired) electrons. The molecule has 0 saturated carbocycles.